The normalized spacial score (nSPS) is 12.1. The first-order valence-corrected chi connectivity index (χ1v) is 4.65. The van der Waals surface area contributed by atoms with Crippen molar-refractivity contribution in [3.05, 3.63) is 16.4 Å². The fraction of sp³-hybridized carbons (Fsp3) is 0.625. The van der Waals surface area contributed by atoms with Gasteiger partial charge in [-0.15, -0.1) is 0 Å². The maximum atomic E-state index is 5.89. The van der Waals surface area contributed by atoms with E-state index in [0.29, 0.717) is 0 Å². The smallest absolute Gasteiger partial charge is 0.128 e. The van der Waals surface area contributed by atoms with Crippen LogP contribution in [0.1, 0.15) is 19.5 Å². The van der Waals surface area contributed by atoms with Crippen LogP contribution in [0, 0.1) is 0 Å². The summed E-state index contributed by atoms with van der Waals surface area (Å²) in [5.41, 5.74) is 6.86. The van der Waals surface area contributed by atoms with Gasteiger partial charge in [0.2, 0.25) is 0 Å². The maximum Gasteiger partial charge on any atom is 0.128 e. The highest BCUT2D eigenvalue weighted by Crippen LogP contribution is 2.14. The lowest BCUT2D eigenvalue weighted by Gasteiger charge is -2.17. The number of aromatic nitrogens is 2. The van der Waals surface area contributed by atoms with Gasteiger partial charge in [-0.05, 0) is 35.8 Å². The SMILES string of the molecule is Cn1nc(Br)cc1CC(C)(C)N. The molecular formula is C8H14BrN3. The molecule has 0 aliphatic carbocycles. The van der Waals surface area contributed by atoms with E-state index in [4.69, 9.17) is 5.73 Å². The minimum atomic E-state index is -0.173. The Hall–Kier alpha value is -0.350. The van der Waals surface area contributed by atoms with Gasteiger partial charge in [-0.1, -0.05) is 0 Å². The first-order chi connectivity index (χ1) is 5.38. The van der Waals surface area contributed by atoms with Crippen molar-refractivity contribution in [1.29, 1.82) is 0 Å². The van der Waals surface area contributed by atoms with Crippen molar-refractivity contribution in [2.45, 2.75) is 25.8 Å². The molecular weight excluding hydrogens is 218 g/mol. The summed E-state index contributed by atoms with van der Waals surface area (Å²) in [6, 6.07) is 1.99. The zero-order valence-corrected chi connectivity index (χ0v) is 9.22. The number of aryl methyl sites for hydroxylation is 1. The lowest BCUT2D eigenvalue weighted by molar-refractivity contribution is 0.495. The van der Waals surface area contributed by atoms with Gasteiger partial charge in [-0.25, -0.2) is 0 Å². The molecule has 0 aliphatic rings. The molecule has 0 amide bonds. The second-order valence-corrected chi connectivity index (χ2v) is 4.56. The molecule has 0 atom stereocenters. The molecule has 0 aliphatic heterocycles. The predicted octanol–water partition coefficient (Wildman–Crippen LogP) is 1.46. The molecule has 68 valence electrons. The second kappa shape index (κ2) is 3.18. The summed E-state index contributed by atoms with van der Waals surface area (Å²) in [4.78, 5) is 0. The summed E-state index contributed by atoms with van der Waals surface area (Å²) in [5, 5.41) is 4.17. The highest BCUT2D eigenvalue weighted by atomic mass is 79.9. The summed E-state index contributed by atoms with van der Waals surface area (Å²) >= 11 is 3.32. The zero-order valence-electron chi connectivity index (χ0n) is 7.63. The van der Waals surface area contributed by atoms with Crippen LogP contribution in [0.4, 0.5) is 0 Å². The number of halogens is 1. The third-order valence-electron chi connectivity index (χ3n) is 1.58. The van der Waals surface area contributed by atoms with Crippen molar-refractivity contribution in [3.63, 3.8) is 0 Å². The van der Waals surface area contributed by atoms with Crippen LogP contribution in [-0.4, -0.2) is 15.3 Å². The van der Waals surface area contributed by atoms with Crippen molar-refractivity contribution in [3.8, 4) is 0 Å². The fourth-order valence-electron chi connectivity index (χ4n) is 1.10. The highest BCUT2D eigenvalue weighted by molar-refractivity contribution is 9.10. The molecule has 1 aromatic heterocycles. The molecule has 0 aromatic carbocycles. The number of nitrogens with two attached hydrogens (primary N) is 1. The Labute approximate surface area is 81.1 Å². The average Bonchev–Trinajstić information content (AvgIpc) is 2.06. The van der Waals surface area contributed by atoms with Crippen molar-refractivity contribution in [2.24, 2.45) is 12.8 Å². The Morgan fingerprint density at radius 3 is 2.58 bits per heavy atom. The molecule has 3 nitrogen and oxygen atoms in total. The fourth-order valence-corrected chi connectivity index (χ4v) is 1.60. The minimum absolute atomic E-state index is 0.173. The number of hydrogen-bond donors (Lipinski definition) is 1. The van der Waals surface area contributed by atoms with Crippen LogP contribution in [0.15, 0.2) is 10.7 Å². The Morgan fingerprint density at radius 1 is 1.67 bits per heavy atom. The van der Waals surface area contributed by atoms with E-state index in [1.165, 1.54) is 0 Å². The van der Waals surface area contributed by atoms with Crippen LogP contribution in [-0.2, 0) is 13.5 Å². The first-order valence-electron chi connectivity index (χ1n) is 3.86. The van der Waals surface area contributed by atoms with Gasteiger partial charge in [0.15, 0.2) is 0 Å². The zero-order chi connectivity index (χ0) is 9.35. The van der Waals surface area contributed by atoms with Gasteiger partial charge >= 0.3 is 0 Å². The van der Waals surface area contributed by atoms with Crippen LogP contribution in [0.5, 0.6) is 0 Å². The van der Waals surface area contributed by atoms with Gasteiger partial charge in [-0.3, -0.25) is 4.68 Å². The van der Waals surface area contributed by atoms with Gasteiger partial charge in [-0.2, -0.15) is 5.10 Å². The van der Waals surface area contributed by atoms with E-state index in [9.17, 15) is 0 Å². The van der Waals surface area contributed by atoms with E-state index in [2.05, 4.69) is 21.0 Å². The van der Waals surface area contributed by atoms with E-state index in [-0.39, 0.29) is 5.54 Å². The van der Waals surface area contributed by atoms with Crippen LogP contribution < -0.4 is 5.73 Å². The van der Waals surface area contributed by atoms with E-state index in [1.54, 1.807) is 0 Å². The van der Waals surface area contributed by atoms with Crippen LogP contribution in [0.2, 0.25) is 0 Å². The second-order valence-electron chi connectivity index (χ2n) is 3.75. The maximum absolute atomic E-state index is 5.89. The minimum Gasteiger partial charge on any atom is -0.325 e. The molecule has 0 saturated heterocycles. The molecule has 1 aromatic rings. The average molecular weight is 232 g/mol. The van der Waals surface area contributed by atoms with Crippen molar-refractivity contribution in [2.75, 3.05) is 0 Å². The summed E-state index contributed by atoms with van der Waals surface area (Å²) in [6.07, 6.45) is 0.835. The molecule has 0 radical (unpaired) electrons. The van der Waals surface area contributed by atoms with Crippen molar-refractivity contribution >= 4 is 15.9 Å². The Morgan fingerprint density at radius 2 is 2.25 bits per heavy atom. The molecule has 1 heterocycles. The molecule has 12 heavy (non-hydrogen) atoms. The van der Waals surface area contributed by atoms with E-state index in [0.717, 1.165) is 16.7 Å². The third kappa shape index (κ3) is 2.60. The molecule has 4 heteroatoms. The first kappa shape index (κ1) is 9.74. The Bertz CT molecular complexity index is 272. The molecule has 0 unspecified atom stereocenters. The van der Waals surface area contributed by atoms with Gasteiger partial charge in [0.1, 0.15) is 4.60 Å². The van der Waals surface area contributed by atoms with E-state index < -0.39 is 0 Å². The Balaban J connectivity index is 2.82. The lowest BCUT2D eigenvalue weighted by atomic mass is 10.0. The number of nitrogens with zero attached hydrogens (tertiary/aromatic N) is 2. The summed E-state index contributed by atoms with van der Waals surface area (Å²) in [6.45, 7) is 4.02. The number of hydrogen-bond acceptors (Lipinski definition) is 2. The van der Waals surface area contributed by atoms with E-state index >= 15 is 0 Å². The largest absolute Gasteiger partial charge is 0.325 e. The monoisotopic (exact) mass is 231 g/mol. The van der Waals surface area contributed by atoms with Crippen LogP contribution in [0.3, 0.4) is 0 Å². The van der Waals surface area contributed by atoms with Crippen molar-refractivity contribution in [1.82, 2.24) is 9.78 Å². The summed E-state index contributed by atoms with van der Waals surface area (Å²) in [7, 11) is 1.92. The highest BCUT2D eigenvalue weighted by Gasteiger charge is 2.14. The molecule has 0 bridgehead atoms. The molecule has 0 saturated carbocycles. The van der Waals surface area contributed by atoms with Gasteiger partial charge in [0.05, 0.1) is 0 Å². The number of rotatable bonds is 2. The van der Waals surface area contributed by atoms with E-state index in [1.807, 2.05) is 31.6 Å². The van der Waals surface area contributed by atoms with Gasteiger partial charge < -0.3 is 5.73 Å². The lowest BCUT2D eigenvalue weighted by Crippen LogP contribution is -2.35. The molecule has 1 rings (SSSR count). The topological polar surface area (TPSA) is 43.8 Å². The summed E-state index contributed by atoms with van der Waals surface area (Å²) < 4.78 is 2.71. The quantitative estimate of drug-likeness (QED) is 0.838. The Kier molecular flexibility index (Phi) is 2.58. The standard InChI is InChI=1S/C8H14BrN3/c1-8(2,10)5-6-4-7(9)11-12(6)3/h4H,5,10H2,1-3H3. The third-order valence-corrected chi connectivity index (χ3v) is 1.97. The molecule has 0 fully saturated rings. The van der Waals surface area contributed by atoms with Gasteiger partial charge in [0.25, 0.3) is 0 Å². The predicted molar refractivity (Wildman–Crippen MR) is 52.9 cm³/mol. The summed E-state index contributed by atoms with van der Waals surface area (Å²) in [5.74, 6) is 0. The van der Waals surface area contributed by atoms with Crippen LogP contribution in [0.25, 0.3) is 0 Å². The van der Waals surface area contributed by atoms with Crippen LogP contribution >= 0.6 is 15.9 Å². The van der Waals surface area contributed by atoms with Crippen molar-refractivity contribution < 1.29 is 0 Å². The van der Waals surface area contributed by atoms with Gasteiger partial charge in [0, 0.05) is 24.7 Å². The molecule has 2 N–H and O–H groups in total. The molecule has 0 spiro atoms.